The Balaban J connectivity index is 1.76. The number of rotatable bonds is 5. The zero-order valence-electron chi connectivity index (χ0n) is 15.0. The standard InChI is InChI=1S/C22H20O3S/c1-14-4-8-17(9-5-14)19-12-13-26-21(19)22(24)25-16(3)20(23)18-10-6-15(2)7-11-18/h4-13,16H,1-3H3/t16-/m0/s1. The summed E-state index contributed by atoms with van der Waals surface area (Å²) in [6, 6.07) is 17.1. The van der Waals surface area contributed by atoms with Gasteiger partial charge in [0.1, 0.15) is 4.88 Å². The molecule has 0 radical (unpaired) electrons. The Morgan fingerprint density at radius 2 is 1.46 bits per heavy atom. The number of ketones is 1. The topological polar surface area (TPSA) is 43.4 Å². The molecule has 132 valence electrons. The molecule has 4 heteroatoms. The van der Waals surface area contributed by atoms with Crippen molar-refractivity contribution in [3.8, 4) is 11.1 Å². The van der Waals surface area contributed by atoms with Crippen LogP contribution in [0.5, 0.6) is 0 Å². The number of ether oxygens (including phenoxy) is 1. The zero-order valence-corrected chi connectivity index (χ0v) is 15.8. The van der Waals surface area contributed by atoms with Gasteiger partial charge in [0.2, 0.25) is 5.78 Å². The van der Waals surface area contributed by atoms with Crippen LogP contribution in [-0.4, -0.2) is 17.9 Å². The van der Waals surface area contributed by atoms with Crippen molar-refractivity contribution in [1.82, 2.24) is 0 Å². The molecule has 1 atom stereocenters. The third-order valence-electron chi connectivity index (χ3n) is 4.20. The maximum absolute atomic E-state index is 12.6. The maximum atomic E-state index is 12.6. The SMILES string of the molecule is Cc1ccc(C(=O)[C@H](C)OC(=O)c2sccc2-c2ccc(C)cc2)cc1. The highest BCUT2D eigenvalue weighted by Crippen LogP contribution is 2.29. The molecule has 0 aliphatic rings. The number of Topliss-reactive ketones (excluding diaryl/α,β-unsaturated/α-hetero) is 1. The minimum atomic E-state index is -0.835. The van der Waals surface area contributed by atoms with Gasteiger partial charge in [-0.1, -0.05) is 59.7 Å². The number of carbonyl (C=O) groups excluding carboxylic acids is 2. The highest BCUT2D eigenvalue weighted by Gasteiger charge is 2.23. The second-order valence-corrected chi connectivity index (χ2v) is 7.22. The van der Waals surface area contributed by atoms with E-state index in [9.17, 15) is 9.59 Å². The van der Waals surface area contributed by atoms with E-state index in [1.807, 2.05) is 61.7 Å². The first-order chi connectivity index (χ1) is 12.5. The van der Waals surface area contributed by atoms with E-state index >= 15 is 0 Å². The van der Waals surface area contributed by atoms with E-state index < -0.39 is 12.1 Å². The van der Waals surface area contributed by atoms with Crippen LogP contribution < -0.4 is 0 Å². The predicted octanol–water partition coefficient (Wildman–Crippen LogP) is 5.46. The molecule has 0 saturated heterocycles. The number of thiophene rings is 1. The molecule has 3 nitrogen and oxygen atoms in total. The third kappa shape index (κ3) is 3.92. The van der Waals surface area contributed by atoms with Crippen LogP contribution in [0, 0.1) is 13.8 Å². The Bertz CT molecular complexity index is 921. The third-order valence-corrected chi connectivity index (χ3v) is 5.10. The summed E-state index contributed by atoms with van der Waals surface area (Å²) in [6.45, 7) is 5.59. The molecule has 0 amide bonds. The van der Waals surface area contributed by atoms with Gasteiger partial charge in [0.15, 0.2) is 6.10 Å². The van der Waals surface area contributed by atoms with Crippen molar-refractivity contribution < 1.29 is 14.3 Å². The predicted molar refractivity (Wildman–Crippen MR) is 105 cm³/mol. The highest BCUT2D eigenvalue weighted by atomic mass is 32.1. The van der Waals surface area contributed by atoms with E-state index in [-0.39, 0.29) is 5.78 Å². The number of hydrogen-bond donors (Lipinski definition) is 0. The van der Waals surface area contributed by atoms with Crippen molar-refractivity contribution in [3.63, 3.8) is 0 Å². The van der Waals surface area contributed by atoms with Crippen LogP contribution in [0.1, 0.15) is 38.1 Å². The van der Waals surface area contributed by atoms with Crippen LogP contribution >= 0.6 is 11.3 Å². The van der Waals surface area contributed by atoms with Gasteiger partial charge in [-0.25, -0.2) is 4.79 Å². The fourth-order valence-electron chi connectivity index (χ4n) is 2.65. The molecule has 2 aromatic carbocycles. The first kappa shape index (κ1) is 18.1. The molecule has 0 aliphatic heterocycles. The summed E-state index contributed by atoms with van der Waals surface area (Å²) >= 11 is 1.32. The number of aryl methyl sites for hydroxylation is 2. The number of benzene rings is 2. The van der Waals surface area contributed by atoms with Crippen molar-refractivity contribution in [2.75, 3.05) is 0 Å². The van der Waals surface area contributed by atoms with Crippen LogP contribution in [0.15, 0.2) is 60.0 Å². The Hall–Kier alpha value is -2.72. The molecule has 3 aromatic rings. The minimum absolute atomic E-state index is 0.202. The summed E-state index contributed by atoms with van der Waals surface area (Å²) in [7, 11) is 0. The van der Waals surface area contributed by atoms with E-state index in [1.165, 1.54) is 11.3 Å². The largest absolute Gasteiger partial charge is 0.450 e. The number of hydrogen-bond acceptors (Lipinski definition) is 4. The molecule has 0 N–H and O–H groups in total. The molecule has 0 bridgehead atoms. The van der Waals surface area contributed by atoms with Crippen LogP contribution in [0.2, 0.25) is 0 Å². The van der Waals surface area contributed by atoms with Gasteiger partial charge in [-0.3, -0.25) is 4.79 Å². The molecular formula is C22H20O3S. The van der Waals surface area contributed by atoms with Gasteiger partial charge < -0.3 is 4.74 Å². The van der Waals surface area contributed by atoms with E-state index in [0.717, 1.165) is 22.3 Å². The average Bonchev–Trinajstić information content (AvgIpc) is 3.12. The molecular weight excluding hydrogens is 344 g/mol. The second kappa shape index (κ2) is 7.67. The summed E-state index contributed by atoms with van der Waals surface area (Å²) in [5, 5.41) is 1.86. The van der Waals surface area contributed by atoms with Gasteiger partial charge in [-0.2, -0.15) is 0 Å². The smallest absolute Gasteiger partial charge is 0.349 e. The highest BCUT2D eigenvalue weighted by molar-refractivity contribution is 7.12. The zero-order chi connectivity index (χ0) is 18.7. The van der Waals surface area contributed by atoms with Crippen molar-refractivity contribution in [3.05, 3.63) is 81.5 Å². The Morgan fingerprint density at radius 3 is 2.08 bits per heavy atom. The van der Waals surface area contributed by atoms with Gasteiger partial charge >= 0.3 is 5.97 Å². The van der Waals surface area contributed by atoms with Crippen LogP contribution in [-0.2, 0) is 4.74 Å². The molecule has 0 spiro atoms. The molecule has 0 aliphatic carbocycles. The maximum Gasteiger partial charge on any atom is 0.349 e. The van der Waals surface area contributed by atoms with Crippen LogP contribution in [0.4, 0.5) is 0 Å². The molecule has 0 saturated carbocycles. The Labute approximate surface area is 157 Å². The van der Waals surface area contributed by atoms with Crippen molar-refractivity contribution >= 4 is 23.1 Å². The first-order valence-electron chi connectivity index (χ1n) is 8.42. The number of carbonyl (C=O) groups is 2. The first-order valence-corrected chi connectivity index (χ1v) is 9.30. The van der Waals surface area contributed by atoms with Gasteiger partial charge in [0.05, 0.1) is 0 Å². The quantitative estimate of drug-likeness (QED) is 0.446. The van der Waals surface area contributed by atoms with Gasteiger partial charge in [-0.15, -0.1) is 11.3 Å². The molecule has 0 unspecified atom stereocenters. The molecule has 26 heavy (non-hydrogen) atoms. The van der Waals surface area contributed by atoms with E-state index in [4.69, 9.17) is 4.74 Å². The lowest BCUT2D eigenvalue weighted by Gasteiger charge is -2.13. The summed E-state index contributed by atoms with van der Waals surface area (Å²) in [4.78, 5) is 25.6. The van der Waals surface area contributed by atoms with Crippen molar-refractivity contribution in [2.24, 2.45) is 0 Å². The molecule has 3 rings (SSSR count). The van der Waals surface area contributed by atoms with Crippen LogP contribution in [0.25, 0.3) is 11.1 Å². The number of esters is 1. The van der Waals surface area contributed by atoms with E-state index in [0.29, 0.717) is 10.4 Å². The second-order valence-electron chi connectivity index (χ2n) is 6.31. The van der Waals surface area contributed by atoms with E-state index in [2.05, 4.69) is 0 Å². The summed E-state index contributed by atoms with van der Waals surface area (Å²) < 4.78 is 5.45. The summed E-state index contributed by atoms with van der Waals surface area (Å²) in [5.74, 6) is -0.671. The summed E-state index contributed by atoms with van der Waals surface area (Å²) in [6.07, 6.45) is -0.835. The van der Waals surface area contributed by atoms with Crippen molar-refractivity contribution in [1.29, 1.82) is 0 Å². The molecule has 1 heterocycles. The fraction of sp³-hybridized carbons (Fsp3) is 0.182. The average molecular weight is 364 g/mol. The van der Waals surface area contributed by atoms with Gasteiger partial charge in [-0.05, 0) is 37.8 Å². The molecule has 0 fully saturated rings. The fourth-order valence-corrected chi connectivity index (χ4v) is 3.45. The minimum Gasteiger partial charge on any atom is -0.450 e. The molecule has 1 aromatic heterocycles. The normalized spacial score (nSPS) is 11.8. The van der Waals surface area contributed by atoms with Crippen LogP contribution in [0.3, 0.4) is 0 Å². The summed E-state index contributed by atoms with van der Waals surface area (Å²) in [5.41, 5.74) is 4.56. The van der Waals surface area contributed by atoms with Crippen molar-refractivity contribution in [2.45, 2.75) is 26.9 Å². The monoisotopic (exact) mass is 364 g/mol. The lowest BCUT2D eigenvalue weighted by molar-refractivity contribution is 0.0324. The van der Waals surface area contributed by atoms with Gasteiger partial charge in [0.25, 0.3) is 0 Å². The Morgan fingerprint density at radius 1 is 0.885 bits per heavy atom. The Kier molecular flexibility index (Phi) is 5.33. The van der Waals surface area contributed by atoms with Gasteiger partial charge in [0, 0.05) is 11.1 Å². The lowest BCUT2D eigenvalue weighted by atomic mass is 10.0. The van der Waals surface area contributed by atoms with E-state index in [1.54, 1.807) is 19.1 Å². The lowest BCUT2D eigenvalue weighted by Crippen LogP contribution is -2.24.